The van der Waals surface area contributed by atoms with Gasteiger partial charge in [0.2, 0.25) is 0 Å². The van der Waals surface area contributed by atoms with E-state index in [4.69, 9.17) is 4.74 Å². The fourth-order valence-electron chi connectivity index (χ4n) is 4.38. The molecule has 0 spiro atoms. The van der Waals surface area contributed by atoms with Crippen LogP contribution in [0.1, 0.15) is 15.2 Å². The van der Waals surface area contributed by atoms with Crippen LogP contribution in [0.2, 0.25) is 0 Å². The maximum absolute atomic E-state index is 11.8. The first-order chi connectivity index (χ1) is 17.5. The van der Waals surface area contributed by atoms with Gasteiger partial charge in [0.1, 0.15) is 17.2 Å². The molecule has 0 aliphatic heterocycles. The van der Waals surface area contributed by atoms with Crippen LogP contribution in [0.15, 0.2) is 91.0 Å². The second kappa shape index (κ2) is 10.4. The number of hydrogen-bond donors (Lipinski definition) is 1. The number of hydrogen-bond acceptors (Lipinski definition) is 4. The number of likely N-dealkylation sites (N-methyl/N-ethyl adjacent to an activating group) is 1. The smallest absolute Gasteiger partial charge is 0.345 e. The van der Waals surface area contributed by atoms with Crippen molar-refractivity contribution in [2.24, 2.45) is 0 Å². The number of benzene rings is 3. The number of thiophene rings is 1. The third-order valence-electron chi connectivity index (χ3n) is 6.16. The molecule has 5 rings (SSSR count). The first kappa shape index (κ1) is 23.9. The molecule has 6 heteroatoms. The topological polar surface area (TPSA) is 54.7 Å². The quantitative estimate of drug-likeness (QED) is 0.242. The third-order valence-corrected chi connectivity index (χ3v) is 7.29. The van der Waals surface area contributed by atoms with E-state index in [9.17, 15) is 9.90 Å². The molecule has 0 aliphatic rings. The van der Waals surface area contributed by atoms with Gasteiger partial charge in [-0.2, -0.15) is 0 Å². The average Bonchev–Trinajstić information content (AvgIpc) is 3.45. The maximum atomic E-state index is 11.8. The van der Waals surface area contributed by atoms with Crippen LogP contribution < -0.4 is 4.74 Å². The Morgan fingerprint density at radius 3 is 2.22 bits per heavy atom. The number of carboxylic acids is 1. The van der Waals surface area contributed by atoms with Gasteiger partial charge < -0.3 is 19.3 Å². The Hall–Kier alpha value is -3.87. The predicted molar refractivity (Wildman–Crippen MR) is 147 cm³/mol. The van der Waals surface area contributed by atoms with Crippen LogP contribution in [-0.2, 0) is 13.2 Å². The lowest BCUT2D eigenvalue weighted by atomic mass is 10.0. The van der Waals surface area contributed by atoms with Crippen LogP contribution in [0.5, 0.6) is 5.75 Å². The van der Waals surface area contributed by atoms with Gasteiger partial charge in [-0.05, 0) is 61.1 Å². The molecule has 0 saturated heterocycles. The lowest BCUT2D eigenvalue weighted by molar-refractivity contribution is 0.0702. The molecule has 3 aromatic carbocycles. The summed E-state index contributed by atoms with van der Waals surface area (Å²) in [6, 6.07) is 30.4. The number of aromatic nitrogens is 1. The summed E-state index contributed by atoms with van der Waals surface area (Å²) in [5.74, 6) is -0.0823. The summed E-state index contributed by atoms with van der Waals surface area (Å²) in [5.41, 5.74) is 6.39. The zero-order valence-electron chi connectivity index (χ0n) is 20.3. The first-order valence-corrected chi connectivity index (χ1v) is 12.7. The summed E-state index contributed by atoms with van der Waals surface area (Å²) >= 11 is 1.34. The molecule has 1 N–H and O–H groups in total. The minimum atomic E-state index is -0.893. The van der Waals surface area contributed by atoms with Crippen molar-refractivity contribution >= 4 is 27.5 Å². The molecular formula is C30H28N2O3S. The van der Waals surface area contributed by atoms with Gasteiger partial charge in [-0.15, -0.1) is 11.3 Å². The third kappa shape index (κ3) is 4.91. The molecule has 2 heterocycles. The first-order valence-electron chi connectivity index (χ1n) is 11.9. The van der Waals surface area contributed by atoms with Crippen molar-refractivity contribution in [3.05, 3.63) is 101 Å². The number of rotatable bonds is 9. The summed E-state index contributed by atoms with van der Waals surface area (Å²) in [6.45, 7) is 2.09. The SMILES string of the molecule is CN(C)CCn1c(-c2ccc(OCc3ccccc3)cc2)c(-c2ccccc2)c2sc(C(=O)O)cc21. The van der Waals surface area contributed by atoms with Crippen molar-refractivity contribution in [1.82, 2.24) is 9.47 Å². The van der Waals surface area contributed by atoms with Gasteiger partial charge in [-0.25, -0.2) is 4.79 Å². The highest BCUT2D eigenvalue weighted by Crippen LogP contribution is 2.45. The van der Waals surface area contributed by atoms with Crippen molar-refractivity contribution < 1.29 is 14.6 Å². The number of aromatic carboxylic acids is 1. The molecule has 0 amide bonds. The van der Waals surface area contributed by atoms with Crippen molar-refractivity contribution in [1.29, 1.82) is 0 Å². The highest BCUT2D eigenvalue weighted by molar-refractivity contribution is 7.21. The van der Waals surface area contributed by atoms with Crippen molar-refractivity contribution in [3.8, 4) is 28.1 Å². The summed E-state index contributed by atoms with van der Waals surface area (Å²) in [5, 5.41) is 9.70. The minimum Gasteiger partial charge on any atom is -0.489 e. The van der Waals surface area contributed by atoms with Crippen molar-refractivity contribution in [3.63, 3.8) is 0 Å². The Labute approximate surface area is 214 Å². The number of ether oxygens (including phenoxy) is 1. The molecule has 0 radical (unpaired) electrons. The number of carboxylic acid groups (broad SMARTS) is 1. The van der Waals surface area contributed by atoms with E-state index >= 15 is 0 Å². The molecule has 36 heavy (non-hydrogen) atoms. The average molecular weight is 497 g/mol. The normalized spacial score (nSPS) is 11.3. The number of nitrogens with zero attached hydrogens (tertiary/aromatic N) is 2. The van der Waals surface area contributed by atoms with Crippen molar-refractivity contribution in [2.75, 3.05) is 20.6 Å². The van der Waals surface area contributed by atoms with Gasteiger partial charge in [0.15, 0.2) is 0 Å². The van der Waals surface area contributed by atoms with Gasteiger partial charge in [-0.1, -0.05) is 60.7 Å². The van der Waals surface area contributed by atoms with E-state index in [1.54, 1.807) is 0 Å². The zero-order valence-corrected chi connectivity index (χ0v) is 21.2. The van der Waals surface area contributed by atoms with E-state index in [2.05, 4.69) is 45.9 Å². The maximum Gasteiger partial charge on any atom is 0.345 e. The Kier molecular flexibility index (Phi) is 6.89. The van der Waals surface area contributed by atoms with Gasteiger partial charge in [0.25, 0.3) is 0 Å². The van der Waals surface area contributed by atoms with Gasteiger partial charge >= 0.3 is 5.97 Å². The lowest BCUT2D eigenvalue weighted by Gasteiger charge is -2.16. The van der Waals surface area contributed by atoms with E-state index in [-0.39, 0.29) is 0 Å². The van der Waals surface area contributed by atoms with Crippen LogP contribution >= 0.6 is 11.3 Å². The largest absolute Gasteiger partial charge is 0.489 e. The second-order valence-corrected chi connectivity index (χ2v) is 10.0. The standard InChI is InChI=1S/C30H28N2O3S/c1-31(2)17-18-32-25-19-26(30(33)34)36-29(25)27(22-11-7-4-8-12-22)28(32)23-13-15-24(16-14-23)35-20-21-9-5-3-6-10-21/h3-16,19H,17-18,20H2,1-2H3,(H,33,34). The molecule has 0 aliphatic carbocycles. The number of fused-ring (bicyclic) bond motifs is 1. The highest BCUT2D eigenvalue weighted by atomic mass is 32.1. The molecule has 5 nitrogen and oxygen atoms in total. The van der Waals surface area contributed by atoms with Crippen LogP contribution in [0.25, 0.3) is 32.6 Å². The van der Waals surface area contributed by atoms with E-state index < -0.39 is 5.97 Å². The Morgan fingerprint density at radius 1 is 0.917 bits per heavy atom. The molecular weight excluding hydrogens is 468 g/mol. The van der Waals surface area contributed by atoms with E-state index in [0.717, 1.165) is 57.0 Å². The van der Waals surface area contributed by atoms with E-state index in [1.165, 1.54) is 11.3 Å². The molecule has 5 aromatic rings. The van der Waals surface area contributed by atoms with Gasteiger partial charge in [0, 0.05) is 18.7 Å². The van der Waals surface area contributed by atoms with Crippen LogP contribution in [0, 0.1) is 0 Å². The van der Waals surface area contributed by atoms with Crippen molar-refractivity contribution in [2.45, 2.75) is 13.2 Å². The molecule has 0 unspecified atom stereocenters. The molecule has 0 saturated carbocycles. The van der Waals surface area contributed by atoms with E-state index in [0.29, 0.717) is 11.5 Å². The summed E-state index contributed by atoms with van der Waals surface area (Å²) in [6.07, 6.45) is 0. The Bertz CT molecular complexity index is 1470. The summed E-state index contributed by atoms with van der Waals surface area (Å²) < 4.78 is 9.28. The zero-order chi connectivity index (χ0) is 25.1. The van der Waals surface area contributed by atoms with Crippen LogP contribution in [0.4, 0.5) is 0 Å². The molecule has 2 aromatic heterocycles. The molecule has 0 bridgehead atoms. The fraction of sp³-hybridized carbons (Fsp3) is 0.167. The Morgan fingerprint density at radius 2 is 1.58 bits per heavy atom. The Balaban J connectivity index is 1.60. The van der Waals surface area contributed by atoms with Crippen LogP contribution in [-0.4, -0.2) is 41.2 Å². The monoisotopic (exact) mass is 496 g/mol. The van der Waals surface area contributed by atoms with E-state index in [1.807, 2.05) is 68.7 Å². The van der Waals surface area contributed by atoms with Gasteiger partial charge in [-0.3, -0.25) is 0 Å². The fourth-order valence-corrected chi connectivity index (χ4v) is 5.45. The highest BCUT2D eigenvalue weighted by Gasteiger charge is 2.24. The molecule has 182 valence electrons. The number of carbonyl (C=O) groups is 1. The molecule has 0 fully saturated rings. The summed E-state index contributed by atoms with van der Waals surface area (Å²) in [4.78, 5) is 14.3. The van der Waals surface area contributed by atoms with Gasteiger partial charge in [0.05, 0.1) is 15.9 Å². The predicted octanol–water partition coefficient (Wildman–Crippen LogP) is 6.88. The summed E-state index contributed by atoms with van der Waals surface area (Å²) in [7, 11) is 4.10. The lowest BCUT2D eigenvalue weighted by Crippen LogP contribution is -2.18. The second-order valence-electron chi connectivity index (χ2n) is 8.97. The van der Waals surface area contributed by atoms with Crippen LogP contribution in [0.3, 0.4) is 0 Å². The minimum absolute atomic E-state index is 0.354. The molecule has 0 atom stereocenters.